The fraction of sp³-hybridized carbons (Fsp3) is 0. The van der Waals surface area contributed by atoms with Gasteiger partial charge in [-0.1, -0.05) is 103 Å². The van der Waals surface area contributed by atoms with E-state index in [2.05, 4.69) is 131 Å². The van der Waals surface area contributed by atoms with Crippen LogP contribution in [0.1, 0.15) is 0 Å². The molecule has 0 saturated carbocycles. The van der Waals surface area contributed by atoms with Gasteiger partial charge in [0.1, 0.15) is 0 Å². The molecule has 0 saturated heterocycles. The molecule has 0 spiro atoms. The van der Waals surface area contributed by atoms with Crippen molar-refractivity contribution < 1.29 is 8.83 Å². The molecule has 2 aromatic heterocycles. The van der Waals surface area contributed by atoms with Gasteiger partial charge in [-0.15, -0.1) is 0 Å². The van der Waals surface area contributed by atoms with Gasteiger partial charge < -0.3 is 8.83 Å². The molecule has 6 aromatic carbocycles. The number of nitrogens with zero attached hydrogens (tertiary/aromatic N) is 2. The van der Waals surface area contributed by atoms with Crippen LogP contribution in [0.2, 0.25) is 0 Å². The summed E-state index contributed by atoms with van der Waals surface area (Å²) >= 11 is 0. The Bertz CT molecular complexity index is 2180. The van der Waals surface area contributed by atoms with E-state index in [0.717, 1.165) is 33.8 Å². The first-order chi connectivity index (χ1) is 20.8. The average molecular weight is 541 g/mol. The first-order valence-electron chi connectivity index (χ1n) is 13.9. The molecule has 0 atom stereocenters. The van der Waals surface area contributed by atoms with Crippen LogP contribution in [-0.2, 0) is 0 Å². The molecular weight excluding hydrogens is 516 g/mol. The third-order valence-electron chi connectivity index (χ3n) is 7.87. The van der Waals surface area contributed by atoms with E-state index >= 15 is 0 Å². The summed E-state index contributed by atoms with van der Waals surface area (Å²) in [6, 6.07) is 43.1. The lowest BCUT2D eigenvalue weighted by atomic mass is 9.84. The van der Waals surface area contributed by atoms with Gasteiger partial charge in [-0.25, -0.2) is 9.97 Å². The number of aromatic nitrogens is 2. The van der Waals surface area contributed by atoms with Crippen molar-refractivity contribution in [3.8, 4) is 56.0 Å². The Labute approximate surface area is 242 Å². The van der Waals surface area contributed by atoms with Crippen molar-refractivity contribution in [1.82, 2.24) is 9.97 Å². The molecule has 0 unspecified atom stereocenters. The number of rotatable bonds is 5. The Morgan fingerprint density at radius 1 is 0.357 bits per heavy atom. The molecule has 0 aliphatic carbocycles. The normalized spacial score (nSPS) is 11.3. The summed E-state index contributed by atoms with van der Waals surface area (Å²) in [4.78, 5) is 8.27. The molecular formula is C38H24N2O2. The van der Waals surface area contributed by atoms with Crippen molar-refractivity contribution in [2.75, 3.05) is 0 Å². The van der Waals surface area contributed by atoms with E-state index in [1.54, 1.807) is 12.4 Å². The van der Waals surface area contributed by atoms with Crippen molar-refractivity contribution in [1.29, 1.82) is 0 Å². The molecule has 0 fully saturated rings. The van der Waals surface area contributed by atoms with Crippen LogP contribution in [0.15, 0.2) is 155 Å². The third-order valence-corrected chi connectivity index (χ3v) is 7.87. The fourth-order valence-corrected chi connectivity index (χ4v) is 5.98. The second kappa shape index (κ2) is 10.0. The highest BCUT2D eigenvalue weighted by Gasteiger charge is 2.19. The van der Waals surface area contributed by atoms with Crippen LogP contribution >= 0.6 is 0 Å². The second-order valence-electron chi connectivity index (χ2n) is 10.3. The first-order valence-corrected chi connectivity index (χ1v) is 13.9. The second-order valence-corrected chi connectivity index (χ2v) is 10.3. The molecule has 8 aromatic rings. The molecule has 42 heavy (non-hydrogen) atoms. The zero-order valence-electron chi connectivity index (χ0n) is 22.6. The van der Waals surface area contributed by atoms with E-state index in [1.165, 1.54) is 56.6 Å². The standard InChI is InChI=1S/C38H24N2O2/c1-2-8-25(9-3-1)26-16-17-33-34(20-26)38(30-13-7-11-28(19-30)36-22-40-24-42-36)32-15-5-4-14-31(32)37(33)29-12-6-10-27(18-29)35-21-39-23-41-35/h1-24H. The maximum atomic E-state index is 5.66. The predicted molar refractivity (Wildman–Crippen MR) is 169 cm³/mol. The van der Waals surface area contributed by atoms with Gasteiger partial charge in [-0.3, -0.25) is 0 Å². The lowest BCUT2D eigenvalue weighted by molar-refractivity contribution is 0.571. The Kier molecular flexibility index (Phi) is 5.75. The van der Waals surface area contributed by atoms with Crippen molar-refractivity contribution in [3.05, 3.63) is 147 Å². The van der Waals surface area contributed by atoms with E-state index < -0.39 is 0 Å². The van der Waals surface area contributed by atoms with E-state index in [9.17, 15) is 0 Å². The minimum atomic E-state index is 0.747. The fourth-order valence-electron chi connectivity index (χ4n) is 5.98. The summed E-state index contributed by atoms with van der Waals surface area (Å²) < 4.78 is 11.3. The van der Waals surface area contributed by atoms with Crippen LogP contribution in [0, 0.1) is 0 Å². The topological polar surface area (TPSA) is 52.1 Å². The smallest absolute Gasteiger partial charge is 0.181 e. The Hall–Kier alpha value is -5.74. The minimum absolute atomic E-state index is 0.747. The van der Waals surface area contributed by atoms with Crippen LogP contribution in [-0.4, -0.2) is 9.97 Å². The van der Waals surface area contributed by atoms with E-state index in [-0.39, 0.29) is 0 Å². The molecule has 0 radical (unpaired) electrons. The number of fused-ring (bicyclic) bond motifs is 2. The van der Waals surface area contributed by atoms with Crippen LogP contribution in [0.4, 0.5) is 0 Å². The van der Waals surface area contributed by atoms with Gasteiger partial charge in [0, 0.05) is 11.1 Å². The largest absolute Gasteiger partial charge is 0.444 e. The molecule has 0 N–H and O–H groups in total. The van der Waals surface area contributed by atoms with E-state index in [1.807, 2.05) is 0 Å². The molecule has 8 rings (SSSR count). The van der Waals surface area contributed by atoms with Crippen molar-refractivity contribution in [3.63, 3.8) is 0 Å². The van der Waals surface area contributed by atoms with Crippen LogP contribution < -0.4 is 0 Å². The summed E-state index contributed by atoms with van der Waals surface area (Å²) in [6.07, 6.45) is 6.46. The third kappa shape index (κ3) is 4.09. The van der Waals surface area contributed by atoms with Crippen molar-refractivity contribution in [2.24, 2.45) is 0 Å². The van der Waals surface area contributed by atoms with Gasteiger partial charge in [0.15, 0.2) is 24.3 Å². The maximum absolute atomic E-state index is 5.66. The number of hydrogen-bond donors (Lipinski definition) is 0. The Morgan fingerprint density at radius 2 is 0.857 bits per heavy atom. The SMILES string of the molecule is c1ccc(-c2ccc3c(-c4cccc(-c5cnco5)c4)c4ccccc4c(-c4cccc(-c5cnco5)c4)c3c2)cc1. The summed E-state index contributed by atoms with van der Waals surface area (Å²) in [5, 5.41) is 4.74. The Balaban J connectivity index is 1.47. The minimum Gasteiger partial charge on any atom is -0.444 e. The summed E-state index contributed by atoms with van der Waals surface area (Å²) in [5.41, 5.74) is 8.97. The van der Waals surface area contributed by atoms with Gasteiger partial charge in [0.25, 0.3) is 0 Å². The number of benzene rings is 6. The maximum Gasteiger partial charge on any atom is 0.181 e. The molecule has 0 amide bonds. The van der Waals surface area contributed by atoms with Crippen LogP contribution in [0.5, 0.6) is 0 Å². The summed E-state index contributed by atoms with van der Waals surface area (Å²) in [5.74, 6) is 1.49. The molecule has 4 nitrogen and oxygen atoms in total. The van der Waals surface area contributed by atoms with Gasteiger partial charge >= 0.3 is 0 Å². The van der Waals surface area contributed by atoms with Crippen LogP contribution in [0.25, 0.3) is 77.6 Å². The van der Waals surface area contributed by atoms with Gasteiger partial charge in [0.2, 0.25) is 0 Å². The monoisotopic (exact) mass is 540 g/mol. The van der Waals surface area contributed by atoms with Gasteiger partial charge in [-0.05, 0) is 73.1 Å². The molecule has 198 valence electrons. The average Bonchev–Trinajstić information content (AvgIpc) is 3.80. The highest BCUT2D eigenvalue weighted by Crippen LogP contribution is 2.45. The van der Waals surface area contributed by atoms with Crippen LogP contribution in [0.3, 0.4) is 0 Å². The molecule has 4 heteroatoms. The quantitative estimate of drug-likeness (QED) is 0.204. The van der Waals surface area contributed by atoms with Crippen molar-refractivity contribution >= 4 is 21.5 Å². The molecule has 0 bridgehead atoms. The molecule has 0 aliphatic heterocycles. The zero-order valence-corrected chi connectivity index (χ0v) is 22.6. The lowest BCUT2D eigenvalue weighted by Crippen LogP contribution is -1.92. The highest BCUT2D eigenvalue weighted by molar-refractivity contribution is 6.22. The Morgan fingerprint density at radius 3 is 1.43 bits per heavy atom. The highest BCUT2D eigenvalue weighted by atomic mass is 16.3. The zero-order chi connectivity index (χ0) is 27.9. The molecule has 2 heterocycles. The first kappa shape index (κ1) is 24.1. The van der Waals surface area contributed by atoms with Gasteiger partial charge in [-0.2, -0.15) is 0 Å². The molecule has 0 aliphatic rings. The van der Waals surface area contributed by atoms with Crippen molar-refractivity contribution in [2.45, 2.75) is 0 Å². The number of hydrogen-bond acceptors (Lipinski definition) is 4. The van der Waals surface area contributed by atoms with Gasteiger partial charge in [0.05, 0.1) is 12.4 Å². The van der Waals surface area contributed by atoms with E-state index in [4.69, 9.17) is 8.83 Å². The lowest BCUT2D eigenvalue weighted by Gasteiger charge is -2.19. The van der Waals surface area contributed by atoms with E-state index in [0.29, 0.717) is 0 Å². The summed E-state index contributed by atoms with van der Waals surface area (Å²) in [6.45, 7) is 0. The number of oxazole rings is 2. The predicted octanol–water partition coefficient (Wildman–Crippen LogP) is 10.3. The summed E-state index contributed by atoms with van der Waals surface area (Å²) in [7, 11) is 0.